The maximum atomic E-state index is 12.5. The topological polar surface area (TPSA) is 76.4 Å². The van der Waals surface area contributed by atoms with Gasteiger partial charge < -0.3 is 15.2 Å². The van der Waals surface area contributed by atoms with Crippen molar-refractivity contribution in [1.82, 2.24) is 9.78 Å². The number of carbonyl (C=O) groups excluding carboxylic acids is 1. The second kappa shape index (κ2) is 5.74. The number of aryl methyl sites for hydroxylation is 1. The molecule has 6 nitrogen and oxygen atoms in total. The first-order valence-corrected chi connectivity index (χ1v) is 8.74. The standard InChI is InChI=1S/C21H17N3O3/c1-12-17-18(13-7-9-15(25)10-8-13)19-16(11-27-21(19)26)22-20(17)24(23-12)14-5-3-2-4-6-14/h2-10,18,22,25H,11H2,1H3. The number of para-hydroxylation sites is 1. The minimum Gasteiger partial charge on any atom is -0.508 e. The van der Waals surface area contributed by atoms with Crippen molar-refractivity contribution in [3.8, 4) is 11.4 Å². The van der Waals surface area contributed by atoms with Gasteiger partial charge in [-0.2, -0.15) is 5.10 Å². The van der Waals surface area contributed by atoms with Gasteiger partial charge >= 0.3 is 5.97 Å². The van der Waals surface area contributed by atoms with Crippen LogP contribution in [0.4, 0.5) is 5.82 Å². The number of aromatic hydroxyl groups is 1. The summed E-state index contributed by atoms with van der Waals surface area (Å²) >= 11 is 0. The van der Waals surface area contributed by atoms with Crippen LogP contribution in [0.2, 0.25) is 0 Å². The second-order valence-electron chi connectivity index (χ2n) is 6.71. The number of fused-ring (bicyclic) bond motifs is 1. The monoisotopic (exact) mass is 359 g/mol. The Labute approximate surface area is 155 Å². The van der Waals surface area contributed by atoms with E-state index in [-0.39, 0.29) is 24.2 Å². The number of phenols is 1. The predicted molar refractivity (Wildman–Crippen MR) is 99.9 cm³/mol. The summed E-state index contributed by atoms with van der Waals surface area (Å²) in [6.45, 7) is 2.17. The number of cyclic esters (lactones) is 1. The number of carbonyl (C=O) groups is 1. The smallest absolute Gasteiger partial charge is 0.337 e. The van der Waals surface area contributed by atoms with Crippen LogP contribution in [0.3, 0.4) is 0 Å². The highest BCUT2D eigenvalue weighted by Gasteiger charge is 2.41. The zero-order valence-electron chi connectivity index (χ0n) is 14.6. The van der Waals surface area contributed by atoms with Gasteiger partial charge in [-0.3, -0.25) is 0 Å². The number of phenolic OH excluding ortho intramolecular Hbond substituents is 1. The number of ether oxygens (including phenoxy) is 1. The first kappa shape index (κ1) is 15.7. The predicted octanol–water partition coefficient (Wildman–Crippen LogP) is 3.25. The molecule has 0 spiro atoms. The molecule has 0 aliphatic carbocycles. The van der Waals surface area contributed by atoms with Crippen LogP contribution in [0, 0.1) is 6.92 Å². The average molecular weight is 359 g/mol. The third-order valence-corrected chi connectivity index (χ3v) is 5.07. The molecule has 0 amide bonds. The summed E-state index contributed by atoms with van der Waals surface area (Å²) in [7, 11) is 0. The second-order valence-corrected chi connectivity index (χ2v) is 6.71. The SMILES string of the molecule is Cc1nn(-c2ccccc2)c2c1C(c1ccc(O)cc1)C1=C(COC1=O)N2. The van der Waals surface area contributed by atoms with Crippen LogP contribution in [-0.4, -0.2) is 27.5 Å². The van der Waals surface area contributed by atoms with Crippen molar-refractivity contribution in [3.63, 3.8) is 0 Å². The van der Waals surface area contributed by atoms with E-state index in [2.05, 4.69) is 5.32 Å². The summed E-state index contributed by atoms with van der Waals surface area (Å²) in [5, 5.41) is 17.8. The number of nitrogens with zero attached hydrogens (tertiary/aromatic N) is 2. The zero-order chi connectivity index (χ0) is 18.5. The van der Waals surface area contributed by atoms with Crippen molar-refractivity contribution >= 4 is 11.8 Å². The number of esters is 1. The highest BCUT2D eigenvalue weighted by Crippen LogP contribution is 2.46. The van der Waals surface area contributed by atoms with Gasteiger partial charge in [0.25, 0.3) is 0 Å². The Bertz CT molecular complexity index is 1080. The molecule has 1 unspecified atom stereocenters. The van der Waals surface area contributed by atoms with Crippen LogP contribution in [0.5, 0.6) is 5.75 Å². The van der Waals surface area contributed by atoms with Gasteiger partial charge in [-0.05, 0) is 36.8 Å². The van der Waals surface area contributed by atoms with Gasteiger partial charge in [0.1, 0.15) is 18.2 Å². The molecule has 2 aliphatic rings. The molecule has 6 heteroatoms. The summed E-state index contributed by atoms with van der Waals surface area (Å²) in [5.74, 6) is 0.430. The van der Waals surface area contributed by atoms with Crippen molar-refractivity contribution < 1.29 is 14.6 Å². The van der Waals surface area contributed by atoms with Gasteiger partial charge in [0.05, 0.1) is 22.7 Å². The molecule has 0 radical (unpaired) electrons. The molecule has 134 valence electrons. The lowest BCUT2D eigenvalue weighted by molar-refractivity contribution is -0.136. The largest absolute Gasteiger partial charge is 0.508 e. The number of hydrogen-bond acceptors (Lipinski definition) is 5. The number of benzene rings is 2. The maximum absolute atomic E-state index is 12.5. The molecule has 2 aliphatic heterocycles. The third-order valence-electron chi connectivity index (χ3n) is 5.07. The Hall–Kier alpha value is -3.54. The highest BCUT2D eigenvalue weighted by molar-refractivity contribution is 5.97. The molecule has 2 aromatic carbocycles. The number of rotatable bonds is 2. The summed E-state index contributed by atoms with van der Waals surface area (Å²) in [5.41, 5.74) is 5.02. The molecule has 27 heavy (non-hydrogen) atoms. The van der Waals surface area contributed by atoms with Crippen LogP contribution in [0.15, 0.2) is 65.9 Å². The van der Waals surface area contributed by atoms with Crippen LogP contribution >= 0.6 is 0 Å². The molecule has 1 atom stereocenters. The lowest BCUT2D eigenvalue weighted by Crippen LogP contribution is -2.21. The molecular weight excluding hydrogens is 342 g/mol. The first-order valence-electron chi connectivity index (χ1n) is 8.74. The molecule has 0 saturated heterocycles. The Balaban J connectivity index is 1.75. The molecule has 0 fully saturated rings. The summed E-state index contributed by atoms with van der Waals surface area (Å²) < 4.78 is 7.17. The van der Waals surface area contributed by atoms with E-state index < -0.39 is 0 Å². The van der Waals surface area contributed by atoms with Crippen LogP contribution in [0.25, 0.3) is 5.69 Å². The molecule has 3 heterocycles. The molecule has 2 N–H and O–H groups in total. The van der Waals surface area contributed by atoms with Crippen molar-refractivity contribution in [2.24, 2.45) is 0 Å². The third kappa shape index (κ3) is 2.33. The molecular formula is C21H17N3O3. The Morgan fingerprint density at radius 2 is 1.89 bits per heavy atom. The Kier molecular flexibility index (Phi) is 3.33. The number of aromatic nitrogens is 2. The summed E-state index contributed by atoms with van der Waals surface area (Å²) in [6, 6.07) is 16.8. The lowest BCUT2D eigenvalue weighted by Gasteiger charge is -2.25. The van der Waals surface area contributed by atoms with Gasteiger partial charge in [-0.1, -0.05) is 30.3 Å². The van der Waals surface area contributed by atoms with Crippen molar-refractivity contribution in [2.45, 2.75) is 12.8 Å². The lowest BCUT2D eigenvalue weighted by atomic mass is 9.82. The number of hydrogen-bond donors (Lipinski definition) is 2. The van der Waals surface area contributed by atoms with Crippen LogP contribution in [-0.2, 0) is 9.53 Å². The van der Waals surface area contributed by atoms with E-state index in [1.165, 1.54) is 0 Å². The molecule has 1 aromatic heterocycles. The van der Waals surface area contributed by atoms with Gasteiger partial charge in [0.15, 0.2) is 0 Å². The van der Waals surface area contributed by atoms with E-state index in [1.807, 2.05) is 54.1 Å². The van der Waals surface area contributed by atoms with E-state index in [1.54, 1.807) is 12.1 Å². The fourth-order valence-electron chi connectivity index (χ4n) is 3.86. The van der Waals surface area contributed by atoms with Gasteiger partial charge in [-0.25, -0.2) is 9.48 Å². The molecule has 5 rings (SSSR count). The number of anilines is 1. The van der Waals surface area contributed by atoms with Crippen molar-refractivity contribution in [2.75, 3.05) is 11.9 Å². The van der Waals surface area contributed by atoms with Gasteiger partial charge in [0, 0.05) is 11.5 Å². The Morgan fingerprint density at radius 3 is 2.63 bits per heavy atom. The van der Waals surface area contributed by atoms with Gasteiger partial charge in [-0.15, -0.1) is 0 Å². The minimum absolute atomic E-state index is 0.188. The first-order chi connectivity index (χ1) is 13.1. The molecule has 3 aromatic rings. The highest BCUT2D eigenvalue weighted by atomic mass is 16.5. The normalized spacial score (nSPS) is 18.0. The zero-order valence-corrected chi connectivity index (χ0v) is 14.6. The van der Waals surface area contributed by atoms with Gasteiger partial charge in [0.2, 0.25) is 0 Å². The van der Waals surface area contributed by atoms with Crippen molar-refractivity contribution in [3.05, 3.63) is 82.7 Å². The fourth-order valence-corrected chi connectivity index (χ4v) is 3.86. The summed E-state index contributed by atoms with van der Waals surface area (Å²) in [4.78, 5) is 12.5. The molecule has 0 bridgehead atoms. The average Bonchev–Trinajstić information content (AvgIpc) is 3.22. The van der Waals surface area contributed by atoms with E-state index >= 15 is 0 Å². The quantitative estimate of drug-likeness (QED) is 0.687. The van der Waals surface area contributed by atoms with Crippen LogP contribution < -0.4 is 5.32 Å². The van der Waals surface area contributed by atoms with E-state index in [0.717, 1.165) is 34.0 Å². The maximum Gasteiger partial charge on any atom is 0.337 e. The minimum atomic E-state index is -0.312. The van der Waals surface area contributed by atoms with E-state index in [9.17, 15) is 9.90 Å². The van der Waals surface area contributed by atoms with Crippen molar-refractivity contribution in [1.29, 1.82) is 0 Å². The fraction of sp³-hybridized carbons (Fsp3) is 0.143. The van der Waals surface area contributed by atoms with E-state index in [0.29, 0.717) is 5.57 Å². The Morgan fingerprint density at radius 1 is 1.15 bits per heavy atom. The molecule has 0 saturated carbocycles. The summed E-state index contributed by atoms with van der Waals surface area (Å²) in [6.07, 6.45) is 0. The number of nitrogens with one attached hydrogen (secondary N) is 1. The van der Waals surface area contributed by atoms with E-state index in [4.69, 9.17) is 9.84 Å². The van der Waals surface area contributed by atoms with Crippen LogP contribution in [0.1, 0.15) is 22.7 Å².